The average molecular weight is 419 g/mol. The van der Waals surface area contributed by atoms with Gasteiger partial charge in [0.25, 0.3) is 11.6 Å². The van der Waals surface area contributed by atoms with Gasteiger partial charge in [-0.15, -0.1) is 12.4 Å². The smallest absolute Gasteiger partial charge is 0.293 e. The lowest BCUT2D eigenvalue weighted by Crippen LogP contribution is -2.45. The van der Waals surface area contributed by atoms with E-state index in [4.69, 9.17) is 5.73 Å². The van der Waals surface area contributed by atoms with Gasteiger partial charge in [-0.05, 0) is 43.4 Å². The molecule has 1 heterocycles. The van der Waals surface area contributed by atoms with E-state index < -0.39 is 4.92 Å². The van der Waals surface area contributed by atoms with Gasteiger partial charge in [-0.3, -0.25) is 14.9 Å². The highest BCUT2D eigenvalue weighted by atomic mass is 35.5. The quantitative estimate of drug-likeness (QED) is 0.548. The van der Waals surface area contributed by atoms with Crippen molar-refractivity contribution in [3.63, 3.8) is 0 Å². The van der Waals surface area contributed by atoms with Gasteiger partial charge in [-0.25, -0.2) is 0 Å². The zero-order chi connectivity index (χ0) is 20.1. The van der Waals surface area contributed by atoms with Crippen molar-refractivity contribution < 1.29 is 9.72 Å². The van der Waals surface area contributed by atoms with E-state index >= 15 is 0 Å². The van der Waals surface area contributed by atoms with Crippen LogP contribution in [0.3, 0.4) is 0 Å². The number of nitrogens with zero attached hydrogens (tertiary/aromatic N) is 2. The summed E-state index contributed by atoms with van der Waals surface area (Å²) in [5.41, 5.74) is 7.66. The molecule has 2 aromatic rings. The second-order valence-electron chi connectivity index (χ2n) is 7.34. The molecular weight excluding hydrogens is 392 g/mol. The summed E-state index contributed by atoms with van der Waals surface area (Å²) >= 11 is 0. The van der Waals surface area contributed by atoms with Crippen LogP contribution >= 0.6 is 12.4 Å². The minimum atomic E-state index is -0.453. The van der Waals surface area contributed by atoms with E-state index in [1.54, 1.807) is 17.0 Å². The van der Waals surface area contributed by atoms with Crippen molar-refractivity contribution in [2.45, 2.75) is 32.4 Å². The number of carbonyl (C=O) groups is 1. The van der Waals surface area contributed by atoms with Crippen LogP contribution in [-0.2, 0) is 6.54 Å². The standard InChI is InChI=1S/C21H26N4O3.ClH/c1-15(22)18-8-5-11-24(14-18)21(26)17-9-10-19(20(12-17)25(27)28)23-13-16-6-3-2-4-7-16;/h2-4,6-7,9-10,12,15,18,23H,5,8,11,13-14,22H2,1H3;1H. The van der Waals surface area contributed by atoms with E-state index in [0.29, 0.717) is 30.9 Å². The molecule has 1 aliphatic rings. The molecule has 3 N–H and O–H groups in total. The van der Waals surface area contributed by atoms with Crippen LogP contribution in [0.1, 0.15) is 35.7 Å². The number of halogens is 1. The molecule has 1 saturated heterocycles. The third kappa shape index (κ3) is 5.68. The van der Waals surface area contributed by atoms with Gasteiger partial charge in [0.1, 0.15) is 5.69 Å². The lowest BCUT2D eigenvalue weighted by Gasteiger charge is -2.34. The highest BCUT2D eigenvalue weighted by molar-refractivity contribution is 5.95. The number of amides is 1. The van der Waals surface area contributed by atoms with Crippen molar-refractivity contribution in [2.75, 3.05) is 18.4 Å². The van der Waals surface area contributed by atoms with Crippen molar-refractivity contribution in [1.82, 2.24) is 4.90 Å². The molecule has 0 aromatic heterocycles. The molecule has 1 aliphatic heterocycles. The Bertz CT molecular complexity index is 845. The lowest BCUT2D eigenvalue weighted by atomic mass is 9.92. The SMILES string of the molecule is CC(N)C1CCCN(C(=O)c2ccc(NCc3ccccc3)c([N+](=O)[O-])c2)C1.Cl. The minimum absolute atomic E-state index is 0. The summed E-state index contributed by atoms with van der Waals surface area (Å²) in [6, 6.07) is 14.3. The predicted molar refractivity (Wildman–Crippen MR) is 116 cm³/mol. The van der Waals surface area contributed by atoms with E-state index in [2.05, 4.69) is 5.32 Å². The third-order valence-corrected chi connectivity index (χ3v) is 5.26. The summed E-state index contributed by atoms with van der Waals surface area (Å²) in [5.74, 6) is 0.0857. The number of anilines is 1. The zero-order valence-corrected chi connectivity index (χ0v) is 17.2. The highest BCUT2D eigenvalue weighted by Gasteiger charge is 2.27. The number of likely N-dealkylation sites (tertiary alicyclic amines) is 1. The Morgan fingerprint density at radius 2 is 2.03 bits per heavy atom. The van der Waals surface area contributed by atoms with Gasteiger partial charge in [0.15, 0.2) is 0 Å². The van der Waals surface area contributed by atoms with Crippen LogP contribution in [0.4, 0.5) is 11.4 Å². The number of nitrogens with two attached hydrogens (primary N) is 1. The Morgan fingerprint density at radius 1 is 1.31 bits per heavy atom. The maximum atomic E-state index is 12.9. The van der Waals surface area contributed by atoms with Crippen LogP contribution < -0.4 is 11.1 Å². The molecule has 2 unspecified atom stereocenters. The predicted octanol–water partition coefficient (Wildman–Crippen LogP) is 3.83. The molecule has 8 heteroatoms. The number of nitro groups is 1. The Balaban J connectivity index is 0.00000300. The van der Waals surface area contributed by atoms with Crippen molar-refractivity contribution >= 4 is 29.7 Å². The largest absolute Gasteiger partial charge is 0.375 e. The number of piperidine rings is 1. The van der Waals surface area contributed by atoms with Crippen molar-refractivity contribution in [3.05, 3.63) is 69.8 Å². The maximum Gasteiger partial charge on any atom is 0.293 e. The summed E-state index contributed by atoms with van der Waals surface area (Å²) in [5, 5.41) is 14.6. The normalized spacial score (nSPS) is 17.2. The Labute approximate surface area is 176 Å². The fourth-order valence-corrected chi connectivity index (χ4v) is 3.56. The molecule has 1 fully saturated rings. The van der Waals surface area contributed by atoms with Crippen LogP contribution in [0.15, 0.2) is 48.5 Å². The van der Waals surface area contributed by atoms with Gasteiger partial charge in [-0.1, -0.05) is 30.3 Å². The van der Waals surface area contributed by atoms with Gasteiger partial charge in [0.2, 0.25) is 0 Å². The molecule has 0 saturated carbocycles. The molecule has 2 atom stereocenters. The number of hydrogen-bond acceptors (Lipinski definition) is 5. The van der Waals surface area contributed by atoms with Crippen LogP contribution in [0.2, 0.25) is 0 Å². The molecule has 7 nitrogen and oxygen atoms in total. The summed E-state index contributed by atoms with van der Waals surface area (Å²) < 4.78 is 0. The van der Waals surface area contributed by atoms with Gasteiger partial charge < -0.3 is 16.0 Å². The van der Waals surface area contributed by atoms with Crippen molar-refractivity contribution in [1.29, 1.82) is 0 Å². The number of nitro benzene ring substituents is 1. The van der Waals surface area contributed by atoms with Gasteiger partial charge >= 0.3 is 0 Å². The first-order chi connectivity index (χ1) is 13.5. The van der Waals surface area contributed by atoms with Crippen molar-refractivity contribution in [2.24, 2.45) is 11.7 Å². The van der Waals surface area contributed by atoms with Crippen LogP contribution in [0, 0.1) is 16.0 Å². The zero-order valence-electron chi connectivity index (χ0n) is 16.4. The fourth-order valence-electron chi connectivity index (χ4n) is 3.56. The minimum Gasteiger partial charge on any atom is -0.375 e. The van der Waals surface area contributed by atoms with E-state index in [1.807, 2.05) is 37.3 Å². The first-order valence-electron chi connectivity index (χ1n) is 9.57. The maximum absolute atomic E-state index is 12.9. The molecule has 3 rings (SSSR count). The molecule has 29 heavy (non-hydrogen) atoms. The van der Waals surface area contributed by atoms with Gasteiger partial charge in [-0.2, -0.15) is 0 Å². The summed E-state index contributed by atoms with van der Waals surface area (Å²) in [6.07, 6.45) is 1.90. The molecule has 0 radical (unpaired) electrons. The number of hydrogen-bond donors (Lipinski definition) is 2. The van der Waals surface area contributed by atoms with Gasteiger partial charge in [0.05, 0.1) is 4.92 Å². The van der Waals surface area contributed by atoms with E-state index in [-0.39, 0.29) is 36.0 Å². The Hall–Kier alpha value is -2.64. The number of nitrogens with one attached hydrogen (secondary N) is 1. The number of benzene rings is 2. The second kappa shape index (κ2) is 10.2. The van der Waals surface area contributed by atoms with Crippen LogP contribution in [0.5, 0.6) is 0 Å². The number of carbonyl (C=O) groups excluding carboxylic acids is 1. The topological polar surface area (TPSA) is 102 Å². The lowest BCUT2D eigenvalue weighted by molar-refractivity contribution is -0.384. The molecule has 0 aliphatic carbocycles. The summed E-state index contributed by atoms with van der Waals surface area (Å²) in [7, 11) is 0. The molecule has 156 valence electrons. The molecule has 0 bridgehead atoms. The molecule has 0 spiro atoms. The molecule has 1 amide bonds. The second-order valence-corrected chi connectivity index (χ2v) is 7.34. The average Bonchev–Trinajstić information content (AvgIpc) is 2.72. The summed E-state index contributed by atoms with van der Waals surface area (Å²) in [6.45, 7) is 3.68. The molecular formula is C21H27ClN4O3. The monoisotopic (exact) mass is 418 g/mol. The summed E-state index contributed by atoms with van der Waals surface area (Å²) in [4.78, 5) is 25.7. The van der Waals surface area contributed by atoms with Crippen LogP contribution in [-0.4, -0.2) is 34.9 Å². The fraction of sp³-hybridized carbons (Fsp3) is 0.381. The van der Waals surface area contributed by atoms with Crippen molar-refractivity contribution in [3.8, 4) is 0 Å². The van der Waals surface area contributed by atoms with Crippen LogP contribution in [0.25, 0.3) is 0 Å². The first-order valence-corrected chi connectivity index (χ1v) is 9.57. The third-order valence-electron chi connectivity index (χ3n) is 5.26. The molecule has 2 aromatic carbocycles. The highest BCUT2D eigenvalue weighted by Crippen LogP contribution is 2.28. The van der Waals surface area contributed by atoms with E-state index in [9.17, 15) is 14.9 Å². The van der Waals surface area contributed by atoms with Gasteiger partial charge in [0, 0.05) is 37.3 Å². The number of rotatable bonds is 6. The Kier molecular flexibility index (Phi) is 7.99. The Morgan fingerprint density at radius 3 is 2.69 bits per heavy atom. The first kappa shape index (κ1) is 22.6. The van der Waals surface area contributed by atoms with E-state index in [0.717, 1.165) is 18.4 Å². The van der Waals surface area contributed by atoms with E-state index in [1.165, 1.54) is 6.07 Å².